The van der Waals surface area contributed by atoms with Crippen molar-refractivity contribution in [1.29, 1.82) is 0 Å². The summed E-state index contributed by atoms with van der Waals surface area (Å²) in [6.07, 6.45) is 0.205. The highest BCUT2D eigenvalue weighted by atomic mass is 16.5. The van der Waals surface area contributed by atoms with Gasteiger partial charge in [0.1, 0.15) is 5.75 Å². The number of carbonyl (C=O) groups is 2. The van der Waals surface area contributed by atoms with Gasteiger partial charge in [-0.15, -0.1) is 0 Å². The smallest absolute Gasteiger partial charge is 0.223 e. The molecule has 2 N–H and O–H groups in total. The molecule has 5 heteroatoms. The summed E-state index contributed by atoms with van der Waals surface area (Å²) < 4.78 is 5.60. The lowest BCUT2D eigenvalue weighted by Gasteiger charge is -2.26. The molecule has 0 aromatic heterocycles. The minimum absolute atomic E-state index is 0.0346. The van der Waals surface area contributed by atoms with Crippen LogP contribution in [0.1, 0.15) is 31.9 Å². The highest BCUT2D eigenvalue weighted by Gasteiger charge is 2.36. The van der Waals surface area contributed by atoms with Crippen molar-refractivity contribution < 1.29 is 14.3 Å². The molecule has 1 heterocycles. The summed E-state index contributed by atoms with van der Waals surface area (Å²) >= 11 is 0. The Labute approximate surface area is 118 Å². The average molecular weight is 276 g/mol. The molecule has 0 bridgehead atoms. The number of amides is 2. The van der Waals surface area contributed by atoms with Crippen molar-refractivity contribution >= 4 is 11.8 Å². The predicted molar refractivity (Wildman–Crippen MR) is 75.0 cm³/mol. The van der Waals surface area contributed by atoms with Gasteiger partial charge in [-0.05, 0) is 19.9 Å². The standard InChI is InChI=1S/C15H20N2O3/c1-3-20-13-7-5-4-6-12(13)10(2)17-9-11(15(16)19)8-14(17)18/h4-7,10-11H,3,8-9H2,1-2H3,(H2,16,19). The number of para-hydroxylation sites is 1. The zero-order valence-corrected chi connectivity index (χ0v) is 11.8. The molecule has 1 aromatic carbocycles. The fourth-order valence-corrected chi connectivity index (χ4v) is 2.58. The van der Waals surface area contributed by atoms with E-state index in [1.807, 2.05) is 38.1 Å². The Hall–Kier alpha value is -2.04. The van der Waals surface area contributed by atoms with Gasteiger partial charge in [0, 0.05) is 18.5 Å². The van der Waals surface area contributed by atoms with Crippen LogP contribution in [0.5, 0.6) is 5.75 Å². The second-order valence-corrected chi connectivity index (χ2v) is 5.00. The number of hydrogen-bond donors (Lipinski definition) is 1. The van der Waals surface area contributed by atoms with E-state index in [0.29, 0.717) is 13.2 Å². The summed E-state index contributed by atoms with van der Waals surface area (Å²) in [4.78, 5) is 25.0. The van der Waals surface area contributed by atoms with Crippen molar-refractivity contribution in [2.75, 3.05) is 13.2 Å². The van der Waals surface area contributed by atoms with Crippen LogP contribution in [0.4, 0.5) is 0 Å². The van der Waals surface area contributed by atoms with Crippen molar-refractivity contribution in [3.63, 3.8) is 0 Å². The fraction of sp³-hybridized carbons (Fsp3) is 0.467. The minimum atomic E-state index is -0.411. The van der Waals surface area contributed by atoms with E-state index in [9.17, 15) is 9.59 Å². The van der Waals surface area contributed by atoms with E-state index in [-0.39, 0.29) is 24.3 Å². The molecule has 1 aliphatic rings. The number of rotatable bonds is 5. The minimum Gasteiger partial charge on any atom is -0.494 e. The maximum Gasteiger partial charge on any atom is 0.223 e. The molecule has 1 aromatic rings. The lowest BCUT2D eigenvalue weighted by molar-refractivity contribution is -0.130. The first kappa shape index (κ1) is 14.4. The lowest BCUT2D eigenvalue weighted by Crippen LogP contribution is -2.31. The van der Waals surface area contributed by atoms with Crippen molar-refractivity contribution in [2.45, 2.75) is 26.3 Å². The second kappa shape index (κ2) is 5.94. The van der Waals surface area contributed by atoms with Crippen molar-refractivity contribution in [2.24, 2.45) is 11.7 Å². The lowest BCUT2D eigenvalue weighted by atomic mass is 10.1. The van der Waals surface area contributed by atoms with Gasteiger partial charge in [-0.25, -0.2) is 0 Å². The summed E-state index contributed by atoms with van der Waals surface area (Å²) in [7, 11) is 0. The van der Waals surface area contributed by atoms with E-state index in [0.717, 1.165) is 11.3 Å². The molecule has 108 valence electrons. The highest BCUT2D eigenvalue weighted by molar-refractivity contribution is 5.88. The molecule has 2 atom stereocenters. The quantitative estimate of drug-likeness (QED) is 0.885. The summed E-state index contributed by atoms with van der Waals surface area (Å²) in [5, 5.41) is 0. The highest BCUT2D eigenvalue weighted by Crippen LogP contribution is 2.33. The monoisotopic (exact) mass is 276 g/mol. The van der Waals surface area contributed by atoms with E-state index >= 15 is 0 Å². The molecule has 1 saturated heterocycles. The molecular formula is C15H20N2O3. The summed E-state index contributed by atoms with van der Waals surface area (Å²) in [6.45, 7) is 4.82. The molecule has 0 spiro atoms. The first-order valence-electron chi connectivity index (χ1n) is 6.85. The summed E-state index contributed by atoms with van der Waals surface area (Å²) in [5.74, 6) is -0.0548. The Morgan fingerprint density at radius 1 is 1.50 bits per heavy atom. The third-order valence-electron chi connectivity index (χ3n) is 3.70. The number of nitrogens with two attached hydrogens (primary N) is 1. The van der Waals surface area contributed by atoms with Crippen LogP contribution in [0.3, 0.4) is 0 Å². The van der Waals surface area contributed by atoms with E-state index < -0.39 is 5.91 Å². The third-order valence-corrected chi connectivity index (χ3v) is 3.70. The van der Waals surface area contributed by atoms with E-state index in [1.165, 1.54) is 0 Å². The number of benzene rings is 1. The van der Waals surface area contributed by atoms with Gasteiger partial charge >= 0.3 is 0 Å². The Morgan fingerprint density at radius 2 is 2.20 bits per heavy atom. The van der Waals surface area contributed by atoms with Crippen molar-refractivity contribution in [1.82, 2.24) is 4.90 Å². The zero-order chi connectivity index (χ0) is 14.7. The van der Waals surface area contributed by atoms with Gasteiger partial charge in [0.05, 0.1) is 18.6 Å². The van der Waals surface area contributed by atoms with Crippen LogP contribution in [-0.4, -0.2) is 29.9 Å². The SMILES string of the molecule is CCOc1ccccc1C(C)N1CC(C(N)=O)CC1=O. The largest absolute Gasteiger partial charge is 0.494 e. The molecule has 0 aliphatic carbocycles. The Bertz CT molecular complexity index is 516. The van der Waals surface area contributed by atoms with Gasteiger partial charge in [-0.2, -0.15) is 0 Å². The van der Waals surface area contributed by atoms with Gasteiger partial charge in [0.25, 0.3) is 0 Å². The van der Waals surface area contributed by atoms with Gasteiger partial charge in [0.15, 0.2) is 0 Å². The van der Waals surface area contributed by atoms with Gasteiger partial charge in [0.2, 0.25) is 11.8 Å². The molecule has 1 aliphatic heterocycles. The number of primary amides is 1. The molecule has 0 radical (unpaired) electrons. The summed E-state index contributed by atoms with van der Waals surface area (Å²) in [6, 6.07) is 7.52. The Morgan fingerprint density at radius 3 is 2.80 bits per heavy atom. The van der Waals surface area contributed by atoms with E-state index in [4.69, 9.17) is 10.5 Å². The maximum absolute atomic E-state index is 12.1. The average Bonchev–Trinajstić information content (AvgIpc) is 2.81. The zero-order valence-electron chi connectivity index (χ0n) is 11.8. The topological polar surface area (TPSA) is 72.6 Å². The van der Waals surface area contributed by atoms with Gasteiger partial charge < -0.3 is 15.4 Å². The predicted octanol–water partition coefficient (Wildman–Crippen LogP) is 1.48. The molecule has 20 heavy (non-hydrogen) atoms. The number of nitrogens with zero attached hydrogens (tertiary/aromatic N) is 1. The molecule has 2 amide bonds. The van der Waals surface area contributed by atoms with Crippen LogP contribution in [0, 0.1) is 5.92 Å². The van der Waals surface area contributed by atoms with E-state index in [2.05, 4.69) is 0 Å². The van der Waals surface area contributed by atoms with Crippen LogP contribution < -0.4 is 10.5 Å². The number of ether oxygens (including phenoxy) is 1. The first-order valence-corrected chi connectivity index (χ1v) is 6.85. The molecular weight excluding hydrogens is 256 g/mol. The van der Waals surface area contributed by atoms with Crippen LogP contribution >= 0.6 is 0 Å². The van der Waals surface area contributed by atoms with E-state index in [1.54, 1.807) is 4.90 Å². The van der Waals surface area contributed by atoms with Gasteiger partial charge in [-0.1, -0.05) is 18.2 Å². The van der Waals surface area contributed by atoms with Crippen molar-refractivity contribution in [3.8, 4) is 5.75 Å². The number of likely N-dealkylation sites (tertiary alicyclic amines) is 1. The fourth-order valence-electron chi connectivity index (χ4n) is 2.58. The van der Waals surface area contributed by atoms with Crippen LogP contribution in [0.15, 0.2) is 24.3 Å². The second-order valence-electron chi connectivity index (χ2n) is 5.00. The molecule has 1 fully saturated rings. The number of carbonyl (C=O) groups excluding carboxylic acids is 2. The molecule has 2 unspecified atom stereocenters. The number of hydrogen-bond acceptors (Lipinski definition) is 3. The Kier molecular flexibility index (Phi) is 4.27. The third kappa shape index (κ3) is 2.76. The van der Waals surface area contributed by atoms with Gasteiger partial charge in [-0.3, -0.25) is 9.59 Å². The molecule has 0 saturated carbocycles. The Balaban J connectivity index is 2.21. The summed E-state index contributed by atoms with van der Waals surface area (Å²) in [5.41, 5.74) is 6.25. The molecule has 5 nitrogen and oxygen atoms in total. The van der Waals surface area contributed by atoms with Crippen LogP contribution in [-0.2, 0) is 9.59 Å². The maximum atomic E-state index is 12.1. The first-order chi connectivity index (χ1) is 9.54. The van der Waals surface area contributed by atoms with Crippen molar-refractivity contribution in [3.05, 3.63) is 29.8 Å². The van der Waals surface area contributed by atoms with Crippen LogP contribution in [0.2, 0.25) is 0 Å². The van der Waals surface area contributed by atoms with Crippen LogP contribution in [0.25, 0.3) is 0 Å². The molecule has 2 rings (SSSR count). The normalized spacial score (nSPS) is 20.0.